The van der Waals surface area contributed by atoms with Gasteiger partial charge in [0.15, 0.2) is 11.5 Å². The number of methoxy groups -OCH3 is 2. The van der Waals surface area contributed by atoms with E-state index in [-0.39, 0.29) is 4.90 Å². The molecule has 0 radical (unpaired) electrons. The highest BCUT2D eigenvalue weighted by molar-refractivity contribution is 7.92. The fourth-order valence-electron chi connectivity index (χ4n) is 4.86. The van der Waals surface area contributed by atoms with Crippen LogP contribution in [0.5, 0.6) is 11.5 Å². The van der Waals surface area contributed by atoms with Crippen molar-refractivity contribution in [1.29, 1.82) is 0 Å². The summed E-state index contributed by atoms with van der Waals surface area (Å²) < 4.78 is 44.9. The van der Waals surface area contributed by atoms with Gasteiger partial charge < -0.3 is 14.4 Å². The molecule has 3 aromatic carbocycles. The predicted molar refractivity (Wildman–Crippen MR) is 154 cm³/mol. The SMILES string of the molecule is COc1ccc(S(=O)(=O)N(C)c2ccccc2CCN2CCN(c3nsc4ccccc34)CC2)cc1OC. The number of aromatic nitrogens is 1. The van der Waals surface area contributed by atoms with Crippen molar-refractivity contribution in [3.8, 4) is 11.5 Å². The highest BCUT2D eigenvalue weighted by Crippen LogP contribution is 2.33. The van der Waals surface area contributed by atoms with E-state index in [1.165, 1.54) is 34.7 Å². The number of sulfonamides is 1. The van der Waals surface area contributed by atoms with Gasteiger partial charge in [-0.1, -0.05) is 30.3 Å². The zero-order valence-corrected chi connectivity index (χ0v) is 23.5. The fraction of sp³-hybridized carbons (Fsp3) is 0.321. The van der Waals surface area contributed by atoms with E-state index in [0.29, 0.717) is 17.2 Å². The summed E-state index contributed by atoms with van der Waals surface area (Å²) in [5.41, 5.74) is 1.67. The quantitative estimate of drug-likeness (QED) is 0.303. The zero-order chi connectivity index (χ0) is 26.7. The summed E-state index contributed by atoms with van der Waals surface area (Å²) in [6, 6.07) is 20.7. The maximum absolute atomic E-state index is 13.5. The molecular formula is C28H32N4O4S2. The van der Waals surface area contributed by atoms with E-state index in [0.717, 1.165) is 50.5 Å². The lowest BCUT2D eigenvalue weighted by atomic mass is 10.1. The molecule has 1 aliphatic heterocycles. The van der Waals surface area contributed by atoms with Crippen molar-refractivity contribution >= 4 is 43.1 Å². The number of fused-ring (bicyclic) bond motifs is 1. The number of benzene rings is 3. The number of rotatable bonds is 9. The number of hydrogen-bond donors (Lipinski definition) is 0. The van der Waals surface area contributed by atoms with Crippen molar-refractivity contribution in [3.63, 3.8) is 0 Å². The lowest BCUT2D eigenvalue weighted by Crippen LogP contribution is -2.47. The van der Waals surface area contributed by atoms with Crippen LogP contribution in [-0.4, -0.2) is 71.7 Å². The summed E-state index contributed by atoms with van der Waals surface area (Å²) in [6.07, 6.45) is 0.752. The van der Waals surface area contributed by atoms with Gasteiger partial charge in [0.25, 0.3) is 10.0 Å². The van der Waals surface area contributed by atoms with Gasteiger partial charge in [0.05, 0.1) is 29.5 Å². The number of anilines is 2. The largest absolute Gasteiger partial charge is 0.493 e. The Kier molecular flexibility index (Phi) is 7.73. The van der Waals surface area contributed by atoms with Crippen LogP contribution in [0.1, 0.15) is 5.56 Å². The van der Waals surface area contributed by atoms with Gasteiger partial charge in [-0.2, -0.15) is 4.37 Å². The lowest BCUT2D eigenvalue weighted by Gasteiger charge is -2.35. The Labute approximate surface area is 228 Å². The van der Waals surface area contributed by atoms with Gasteiger partial charge in [0.2, 0.25) is 0 Å². The molecule has 2 heterocycles. The maximum Gasteiger partial charge on any atom is 0.264 e. The van der Waals surface area contributed by atoms with Gasteiger partial charge in [0.1, 0.15) is 5.82 Å². The highest BCUT2D eigenvalue weighted by Gasteiger charge is 2.25. The minimum absolute atomic E-state index is 0.151. The first-order valence-electron chi connectivity index (χ1n) is 12.5. The minimum atomic E-state index is -3.79. The smallest absolute Gasteiger partial charge is 0.264 e. The Hall–Kier alpha value is -3.34. The van der Waals surface area contributed by atoms with Crippen molar-refractivity contribution in [2.24, 2.45) is 0 Å². The standard InChI is InChI=1S/C28H32N4O4S2/c1-30(38(33,34)22-12-13-25(35-2)26(20-22)36-3)24-10-6-4-8-21(24)14-15-31-16-18-32(19-17-31)28-23-9-5-7-11-27(23)37-29-28/h4-13,20H,14-19H2,1-3H3. The second kappa shape index (κ2) is 11.2. The topological polar surface area (TPSA) is 75.2 Å². The average Bonchev–Trinajstić information content (AvgIpc) is 3.40. The van der Waals surface area contributed by atoms with E-state index in [9.17, 15) is 8.42 Å². The van der Waals surface area contributed by atoms with Gasteiger partial charge in [-0.05, 0) is 53.8 Å². The van der Waals surface area contributed by atoms with Gasteiger partial charge in [0, 0.05) is 51.2 Å². The van der Waals surface area contributed by atoms with Crippen molar-refractivity contribution in [3.05, 3.63) is 72.3 Å². The monoisotopic (exact) mass is 552 g/mol. The summed E-state index contributed by atoms with van der Waals surface area (Å²) in [7, 11) is 0.820. The molecule has 5 rings (SSSR count). The third kappa shape index (κ3) is 5.16. The first-order valence-corrected chi connectivity index (χ1v) is 14.7. The van der Waals surface area contributed by atoms with E-state index in [1.54, 1.807) is 30.7 Å². The molecular weight excluding hydrogens is 520 g/mol. The van der Waals surface area contributed by atoms with Crippen LogP contribution < -0.4 is 18.7 Å². The van der Waals surface area contributed by atoms with Crippen LogP contribution in [0.4, 0.5) is 11.5 Å². The van der Waals surface area contributed by atoms with E-state index < -0.39 is 10.0 Å². The van der Waals surface area contributed by atoms with Crippen LogP contribution in [0, 0.1) is 0 Å². The Morgan fingerprint density at radius 3 is 2.39 bits per heavy atom. The van der Waals surface area contributed by atoms with Crippen molar-refractivity contribution in [2.45, 2.75) is 11.3 Å². The van der Waals surface area contributed by atoms with Crippen molar-refractivity contribution in [2.75, 3.05) is 63.2 Å². The Morgan fingerprint density at radius 2 is 1.63 bits per heavy atom. The number of piperazine rings is 1. The minimum Gasteiger partial charge on any atom is -0.493 e. The molecule has 4 aromatic rings. The van der Waals surface area contributed by atoms with E-state index in [1.807, 2.05) is 24.3 Å². The first kappa shape index (κ1) is 26.3. The van der Waals surface area contributed by atoms with Crippen molar-refractivity contribution < 1.29 is 17.9 Å². The first-order chi connectivity index (χ1) is 18.4. The molecule has 1 aromatic heterocycles. The Balaban J connectivity index is 1.26. The van der Waals surface area contributed by atoms with Gasteiger partial charge in [-0.3, -0.25) is 9.21 Å². The van der Waals surface area contributed by atoms with Crippen LogP contribution in [-0.2, 0) is 16.4 Å². The van der Waals surface area contributed by atoms with Gasteiger partial charge in [-0.15, -0.1) is 0 Å². The molecule has 1 aliphatic rings. The summed E-state index contributed by atoms with van der Waals surface area (Å²) in [4.78, 5) is 4.95. The van der Waals surface area contributed by atoms with E-state index >= 15 is 0 Å². The lowest BCUT2D eigenvalue weighted by molar-refractivity contribution is 0.261. The summed E-state index contributed by atoms with van der Waals surface area (Å²) in [5, 5.41) is 1.22. The molecule has 0 N–H and O–H groups in total. The van der Waals surface area contributed by atoms with Crippen LogP contribution in [0.3, 0.4) is 0 Å². The molecule has 0 aliphatic carbocycles. The predicted octanol–water partition coefficient (Wildman–Crippen LogP) is 4.50. The molecule has 1 fully saturated rings. The number of hydrogen-bond acceptors (Lipinski definition) is 8. The van der Waals surface area contributed by atoms with Crippen LogP contribution in [0.25, 0.3) is 10.1 Å². The molecule has 0 bridgehead atoms. The molecule has 200 valence electrons. The highest BCUT2D eigenvalue weighted by atomic mass is 32.2. The van der Waals surface area contributed by atoms with Crippen molar-refractivity contribution in [1.82, 2.24) is 9.27 Å². The molecule has 10 heteroatoms. The molecule has 1 saturated heterocycles. The average molecular weight is 553 g/mol. The third-order valence-corrected chi connectivity index (χ3v) is 9.66. The second-order valence-corrected chi connectivity index (χ2v) is 12.0. The normalized spacial score (nSPS) is 14.6. The number of nitrogens with zero attached hydrogens (tertiary/aromatic N) is 4. The van der Waals surface area contributed by atoms with Crippen LogP contribution in [0.2, 0.25) is 0 Å². The van der Waals surface area contributed by atoms with Gasteiger partial charge >= 0.3 is 0 Å². The molecule has 38 heavy (non-hydrogen) atoms. The van der Waals surface area contributed by atoms with E-state index in [2.05, 4.69) is 34.1 Å². The molecule has 0 atom stereocenters. The molecule has 8 nitrogen and oxygen atoms in total. The number of ether oxygens (including phenoxy) is 2. The van der Waals surface area contributed by atoms with Gasteiger partial charge in [-0.25, -0.2) is 8.42 Å². The second-order valence-electron chi connectivity index (χ2n) is 9.20. The maximum atomic E-state index is 13.5. The fourth-order valence-corrected chi connectivity index (χ4v) is 6.90. The number of para-hydroxylation sites is 1. The van der Waals surface area contributed by atoms with Crippen LogP contribution in [0.15, 0.2) is 71.6 Å². The Bertz CT molecular complexity index is 1510. The molecule has 0 spiro atoms. The zero-order valence-electron chi connectivity index (χ0n) is 21.8. The van der Waals surface area contributed by atoms with Crippen LogP contribution >= 0.6 is 11.5 Å². The summed E-state index contributed by atoms with van der Waals surface area (Å²) >= 11 is 1.55. The molecule has 0 unspecified atom stereocenters. The molecule has 0 amide bonds. The Morgan fingerprint density at radius 1 is 0.921 bits per heavy atom. The third-order valence-electron chi connectivity index (χ3n) is 7.07. The molecule has 0 saturated carbocycles. The summed E-state index contributed by atoms with van der Waals surface area (Å²) in [5.74, 6) is 1.94. The van der Waals surface area contributed by atoms with E-state index in [4.69, 9.17) is 13.8 Å². The summed E-state index contributed by atoms with van der Waals surface area (Å²) in [6.45, 7) is 4.57.